The van der Waals surface area contributed by atoms with Crippen LogP contribution in [-0.2, 0) is 29.1 Å². The van der Waals surface area contributed by atoms with Crippen LogP contribution < -0.4 is 5.32 Å². The molecule has 1 N–H and O–H groups in total. The highest BCUT2D eigenvalue weighted by atomic mass is 32.1. The van der Waals surface area contributed by atoms with Crippen molar-refractivity contribution in [3.05, 3.63) is 69.8 Å². The van der Waals surface area contributed by atoms with Crippen molar-refractivity contribution in [1.29, 1.82) is 0 Å². The number of hydrogen-bond donors (Lipinski definition) is 1. The Hall–Kier alpha value is -2.77. The Labute approximate surface area is 184 Å². The molecule has 2 heterocycles. The number of methoxy groups -OCH3 is 1. The summed E-state index contributed by atoms with van der Waals surface area (Å²) in [5.41, 5.74) is 3.09. The van der Waals surface area contributed by atoms with Crippen molar-refractivity contribution in [2.45, 2.75) is 32.4 Å². The Balaban J connectivity index is 1.32. The van der Waals surface area contributed by atoms with Gasteiger partial charge in [-0.3, -0.25) is 9.59 Å². The Morgan fingerprint density at radius 3 is 2.77 bits per heavy atom. The summed E-state index contributed by atoms with van der Waals surface area (Å²) in [5.74, 6) is -0.506. The molecule has 0 aliphatic carbocycles. The van der Waals surface area contributed by atoms with Gasteiger partial charge in [-0.15, -0.1) is 11.3 Å². The van der Waals surface area contributed by atoms with E-state index in [1.807, 2.05) is 17.0 Å². The summed E-state index contributed by atoms with van der Waals surface area (Å²) in [5, 5.41) is 3.32. The first kappa shape index (κ1) is 21.5. The van der Waals surface area contributed by atoms with Crippen LogP contribution in [0.1, 0.15) is 39.2 Å². The molecule has 2 aromatic carbocycles. The number of rotatable bonds is 7. The molecule has 0 radical (unpaired) electrons. The van der Waals surface area contributed by atoms with Crippen LogP contribution in [0, 0.1) is 5.82 Å². The Morgan fingerprint density at radius 2 is 1.97 bits per heavy atom. The smallest absolute Gasteiger partial charge is 0.261 e. The van der Waals surface area contributed by atoms with Crippen molar-refractivity contribution in [1.82, 2.24) is 10.2 Å². The molecule has 0 fully saturated rings. The molecule has 0 saturated carbocycles. The van der Waals surface area contributed by atoms with Gasteiger partial charge >= 0.3 is 0 Å². The van der Waals surface area contributed by atoms with E-state index in [0.29, 0.717) is 41.8 Å². The number of amides is 2. The third-order valence-corrected chi connectivity index (χ3v) is 6.79. The van der Waals surface area contributed by atoms with E-state index in [4.69, 9.17) is 4.74 Å². The van der Waals surface area contributed by atoms with Crippen molar-refractivity contribution in [2.75, 3.05) is 20.2 Å². The standard InChI is InChI=1S/C24H25FN2O3S/c1-30-15-18-22-19(25)8-4-9-20(22)31-23(18)24(29)26-12-5-10-21(28)27-13-11-16-6-2-3-7-17(16)14-27/h2-4,6-9H,5,10-15H2,1H3,(H,26,29). The summed E-state index contributed by atoms with van der Waals surface area (Å²) in [7, 11) is 1.52. The van der Waals surface area contributed by atoms with Crippen LogP contribution in [0.4, 0.5) is 4.39 Å². The van der Waals surface area contributed by atoms with E-state index in [9.17, 15) is 14.0 Å². The summed E-state index contributed by atoms with van der Waals surface area (Å²) in [6.45, 7) is 1.93. The maximum absolute atomic E-state index is 14.3. The molecule has 4 rings (SSSR count). The lowest BCUT2D eigenvalue weighted by Gasteiger charge is -2.29. The summed E-state index contributed by atoms with van der Waals surface area (Å²) >= 11 is 1.26. The van der Waals surface area contributed by atoms with Gasteiger partial charge in [0, 0.05) is 48.8 Å². The number of benzene rings is 2. The first-order valence-corrected chi connectivity index (χ1v) is 11.2. The minimum absolute atomic E-state index is 0.104. The number of hydrogen-bond acceptors (Lipinski definition) is 4. The summed E-state index contributed by atoms with van der Waals surface area (Å²) in [4.78, 5) is 27.6. The number of halogens is 1. The molecule has 1 aromatic heterocycles. The van der Waals surface area contributed by atoms with E-state index in [1.54, 1.807) is 12.1 Å². The van der Waals surface area contributed by atoms with Crippen LogP contribution in [0.5, 0.6) is 0 Å². The average molecular weight is 441 g/mol. The quantitative estimate of drug-likeness (QED) is 0.558. The van der Waals surface area contributed by atoms with Crippen molar-refractivity contribution in [3.8, 4) is 0 Å². The van der Waals surface area contributed by atoms with Crippen LogP contribution in [-0.4, -0.2) is 36.9 Å². The van der Waals surface area contributed by atoms with E-state index >= 15 is 0 Å². The predicted octanol–water partition coefficient (Wildman–Crippen LogP) is 4.28. The molecule has 1 aliphatic rings. The van der Waals surface area contributed by atoms with Gasteiger partial charge in [-0.2, -0.15) is 0 Å². The SMILES string of the molecule is COCc1c(C(=O)NCCCC(=O)N2CCc3ccccc3C2)sc2cccc(F)c12. The van der Waals surface area contributed by atoms with Crippen LogP contribution >= 0.6 is 11.3 Å². The van der Waals surface area contributed by atoms with Crippen LogP contribution in [0.25, 0.3) is 10.1 Å². The molecule has 5 nitrogen and oxygen atoms in total. The largest absolute Gasteiger partial charge is 0.380 e. The van der Waals surface area contributed by atoms with Gasteiger partial charge in [0.25, 0.3) is 5.91 Å². The Bertz CT molecular complexity index is 1110. The van der Waals surface area contributed by atoms with E-state index in [0.717, 1.165) is 17.7 Å². The topological polar surface area (TPSA) is 58.6 Å². The second kappa shape index (κ2) is 9.58. The molecule has 0 saturated heterocycles. The lowest BCUT2D eigenvalue weighted by molar-refractivity contribution is -0.132. The van der Waals surface area contributed by atoms with Gasteiger partial charge in [0.2, 0.25) is 5.91 Å². The molecule has 7 heteroatoms. The maximum Gasteiger partial charge on any atom is 0.261 e. The van der Waals surface area contributed by atoms with E-state index in [-0.39, 0.29) is 24.2 Å². The molecular weight excluding hydrogens is 415 g/mol. The first-order valence-electron chi connectivity index (χ1n) is 10.4. The van der Waals surface area contributed by atoms with Gasteiger partial charge in [-0.05, 0) is 36.1 Å². The average Bonchev–Trinajstić information content (AvgIpc) is 3.16. The molecule has 162 valence electrons. The molecule has 0 spiro atoms. The highest BCUT2D eigenvalue weighted by Gasteiger charge is 2.22. The predicted molar refractivity (Wildman–Crippen MR) is 120 cm³/mol. The monoisotopic (exact) mass is 440 g/mol. The molecule has 3 aromatic rings. The van der Waals surface area contributed by atoms with Crippen LogP contribution in [0.3, 0.4) is 0 Å². The number of nitrogens with zero attached hydrogens (tertiary/aromatic N) is 1. The lowest BCUT2D eigenvalue weighted by Crippen LogP contribution is -2.36. The number of thiophene rings is 1. The van der Waals surface area contributed by atoms with Gasteiger partial charge in [0.1, 0.15) is 5.82 Å². The van der Waals surface area contributed by atoms with Crippen LogP contribution in [0.15, 0.2) is 42.5 Å². The third kappa shape index (κ3) is 4.62. The van der Waals surface area contributed by atoms with Gasteiger partial charge in [-0.25, -0.2) is 4.39 Å². The second-order valence-corrected chi connectivity index (χ2v) is 8.70. The first-order chi connectivity index (χ1) is 15.1. The number of fused-ring (bicyclic) bond motifs is 2. The summed E-state index contributed by atoms with van der Waals surface area (Å²) in [6, 6.07) is 13.0. The highest BCUT2D eigenvalue weighted by Crippen LogP contribution is 2.33. The molecule has 1 aliphatic heterocycles. The normalized spacial score (nSPS) is 13.3. The fraction of sp³-hybridized carbons (Fsp3) is 0.333. The van der Waals surface area contributed by atoms with Gasteiger partial charge in [0.15, 0.2) is 0 Å². The van der Waals surface area contributed by atoms with E-state index < -0.39 is 0 Å². The van der Waals surface area contributed by atoms with E-state index in [2.05, 4.69) is 17.4 Å². The third-order valence-electron chi connectivity index (χ3n) is 5.59. The zero-order valence-electron chi connectivity index (χ0n) is 17.4. The highest BCUT2D eigenvalue weighted by molar-refractivity contribution is 7.21. The van der Waals surface area contributed by atoms with Crippen LogP contribution in [0.2, 0.25) is 0 Å². The second-order valence-electron chi connectivity index (χ2n) is 7.65. The Kier molecular flexibility index (Phi) is 6.63. The molecule has 2 amide bonds. The van der Waals surface area contributed by atoms with E-state index in [1.165, 1.54) is 35.6 Å². The Morgan fingerprint density at radius 1 is 1.16 bits per heavy atom. The molecule has 0 atom stereocenters. The van der Waals surface area contributed by atoms with Gasteiger partial charge in [-0.1, -0.05) is 30.3 Å². The fourth-order valence-corrected chi connectivity index (χ4v) is 5.16. The van der Waals surface area contributed by atoms with Gasteiger partial charge < -0.3 is 15.0 Å². The molecular formula is C24H25FN2O3S. The zero-order chi connectivity index (χ0) is 21.8. The minimum atomic E-state index is -0.353. The number of ether oxygens (including phenoxy) is 1. The number of carbonyl (C=O) groups is 2. The summed E-state index contributed by atoms with van der Waals surface area (Å²) < 4.78 is 20.2. The zero-order valence-corrected chi connectivity index (χ0v) is 18.3. The van der Waals surface area contributed by atoms with Crippen molar-refractivity contribution in [3.63, 3.8) is 0 Å². The lowest BCUT2D eigenvalue weighted by atomic mass is 9.99. The van der Waals surface area contributed by atoms with Crippen molar-refractivity contribution >= 4 is 33.2 Å². The van der Waals surface area contributed by atoms with Crippen molar-refractivity contribution in [2.24, 2.45) is 0 Å². The number of nitrogens with one attached hydrogen (secondary N) is 1. The summed E-state index contributed by atoms with van der Waals surface area (Å²) in [6.07, 6.45) is 1.82. The number of carbonyl (C=O) groups excluding carboxylic acids is 2. The minimum Gasteiger partial charge on any atom is -0.380 e. The fourth-order valence-electron chi connectivity index (χ4n) is 4.02. The van der Waals surface area contributed by atoms with Gasteiger partial charge in [0.05, 0.1) is 11.5 Å². The molecule has 0 bridgehead atoms. The molecule has 31 heavy (non-hydrogen) atoms. The molecule has 0 unspecified atom stereocenters. The maximum atomic E-state index is 14.3. The van der Waals surface area contributed by atoms with Crippen molar-refractivity contribution < 1.29 is 18.7 Å².